The number of carbonyl (C=O) groups is 1. The number of rotatable bonds is 5. The van der Waals surface area contributed by atoms with E-state index in [1.165, 1.54) is 58.0 Å². The van der Waals surface area contributed by atoms with Crippen molar-refractivity contribution >= 4 is 27.3 Å². The van der Waals surface area contributed by atoms with Crippen LogP contribution in [0.15, 0.2) is 133 Å². The Bertz CT molecular complexity index is 1780. The van der Waals surface area contributed by atoms with Gasteiger partial charge in [0.1, 0.15) is 4.83 Å². The van der Waals surface area contributed by atoms with Gasteiger partial charge < -0.3 is 5.11 Å². The van der Waals surface area contributed by atoms with Gasteiger partial charge in [-0.05, 0) is 36.2 Å². The van der Waals surface area contributed by atoms with E-state index in [0.29, 0.717) is 0 Å². The minimum atomic E-state index is -0.125. The zero-order valence-corrected chi connectivity index (χ0v) is 25.9. The molecule has 0 amide bonds. The van der Waals surface area contributed by atoms with Crippen molar-refractivity contribution in [2.24, 2.45) is 0 Å². The van der Waals surface area contributed by atoms with Crippen molar-refractivity contribution in [2.75, 3.05) is 0 Å². The molecule has 0 saturated heterocycles. The van der Waals surface area contributed by atoms with E-state index in [1.807, 2.05) is 12.1 Å². The van der Waals surface area contributed by atoms with Crippen LogP contribution in [0.2, 0.25) is 0 Å². The zero-order valence-electron chi connectivity index (χ0n) is 22.7. The number of carbonyl (C=O) groups excluding carboxylic acids is 1. The summed E-state index contributed by atoms with van der Waals surface area (Å²) >= 11 is 1.76. The number of aliphatic hydroxyl groups excluding tert-OH is 1. The maximum absolute atomic E-state index is 10.0. The van der Waals surface area contributed by atoms with Crippen LogP contribution in [0.1, 0.15) is 13.8 Å². The van der Waals surface area contributed by atoms with Crippen LogP contribution in [0.3, 0.4) is 0 Å². The first-order valence-corrected chi connectivity index (χ1v) is 13.8. The molecular formula is C36H28IrNO2S-. The van der Waals surface area contributed by atoms with E-state index in [4.69, 9.17) is 10.1 Å². The van der Waals surface area contributed by atoms with Crippen LogP contribution in [0, 0.1) is 6.07 Å². The third kappa shape index (κ3) is 7.33. The van der Waals surface area contributed by atoms with Crippen LogP contribution < -0.4 is 0 Å². The average molecular weight is 731 g/mol. The van der Waals surface area contributed by atoms with Gasteiger partial charge in [-0.1, -0.05) is 103 Å². The van der Waals surface area contributed by atoms with Gasteiger partial charge in [-0.3, -0.25) is 9.78 Å². The second-order valence-electron chi connectivity index (χ2n) is 9.34. The van der Waals surface area contributed by atoms with Gasteiger partial charge in [-0.25, -0.2) is 0 Å². The van der Waals surface area contributed by atoms with Crippen LogP contribution in [0.5, 0.6) is 0 Å². The van der Waals surface area contributed by atoms with Crippen molar-refractivity contribution in [3.05, 3.63) is 139 Å². The predicted octanol–water partition coefficient (Wildman–Crippen LogP) is 9.80. The van der Waals surface area contributed by atoms with Gasteiger partial charge in [0.2, 0.25) is 0 Å². The van der Waals surface area contributed by atoms with Crippen LogP contribution in [0.4, 0.5) is 0 Å². The number of allylic oxidation sites excluding steroid dienone is 2. The summed E-state index contributed by atoms with van der Waals surface area (Å²) in [4.78, 5) is 17.4. The Morgan fingerprint density at radius 3 is 1.90 bits per heavy atom. The van der Waals surface area contributed by atoms with Crippen molar-refractivity contribution in [3.8, 4) is 44.0 Å². The van der Waals surface area contributed by atoms with Crippen LogP contribution in [-0.2, 0) is 24.9 Å². The summed E-state index contributed by atoms with van der Waals surface area (Å²) in [6.45, 7) is 2.85. The normalized spacial score (nSPS) is 10.8. The molecule has 2 aromatic heterocycles. The first-order chi connectivity index (χ1) is 19.5. The first-order valence-electron chi connectivity index (χ1n) is 13.0. The van der Waals surface area contributed by atoms with Crippen LogP contribution in [-0.4, -0.2) is 15.9 Å². The second kappa shape index (κ2) is 14.0. The Morgan fingerprint density at radius 2 is 1.34 bits per heavy atom. The standard InChI is InChI=1S/C31H20NS.C5H8O2.Ir/c1-4-11-22(12-5-1)25-17-10-18-26(21-25)28-20-19-27-29(23-13-6-2-7-14-23)30(33-31(27)32-28)24-15-8-3-9-16-24;1-4(6)3-5(2)7;/h1-17,19-21H;3,6H,1-2H3;/q-1;;/b;4-3-;. The molecule has 0 spiro atoms. The number of nitrogens with zero attached hydrogens (tertiary/aromatic N) is 1. The van der Waals surface area contributed by atoms with E-state index in [2.05, 4.69) is 115 Å². The fraction of sp³-hybridized carbons (Fsp3) is 0.0556. The molecule has 2 heterocycles. The van der Waals surface area contributed by atoms with Gasteiger partial charge in [0.15, 0.2) is 5.78 Å². The maximum atomic E-state index is 10.0. The van der Waals surface area contributed by atoms with Gasteiger partial charge in [0.05, 0.1) is 5.76 Å². The molecule has 1 N–H and O–H groups in total. The molecular weight excluding hydrogens is 703 g/mol. The molecule has 0 atom stereocenters. The largest absolute Gasteiger partial charge is 0.512 e. The second-order valence-corrected chi connectivity index (χ2v) is 10.3. The molecule has 0 bridgehead atoms. The van der Waals surface area contributed by atoms with Crippen LogP contribution >= 0.6 is 11.3 Å². The molecule has 3 nitrogen and oxygen atoms in total. The van der Waals surface area contributed by atoms with E-state index in [1.54, 1.807) is 11.3 Å². The van der Waals surface area contributed by atoms with E-state index in [0.717, 1.165) is 16.1 Å². The van der Waals surface area contributed by atoms with E-state index >= 15 is 0 Å². The summed E-state index contributed by atoms with van der Waals surface area (Å²) in [5.41, 5.74) is 8.01. The Hall–Kier alpha value is -4.15. The summed E-state index contributed by atoms with van der Waals surface area (Å²) in [6.07, 6.45) is 1.17. The zero-order chi connectivity index (χ0) is 27.9. The molecule has 0 aliphatic carbocycles. The fourth-order valence-electron chi connectivity index (χ4n) is 4.53. The number of fused-ring (bicyclic) bond motifs is 1. The number of thiophene rings is 1. The van der Waals surface area contributed by atoms with Gasteiger partial charge >= 0.3 is 0 Å². The Morgan fingerprint density at radius 1 is 0.756 bits per heavy atom. The molecule has 0 unspecified atom stereocenters. The number of aromatic nitrogens is 1. The number of hydrogen-bond acceptors (Lipinski definition) is 4. The maximum Gasteiger partial charge on any atom is 0.155 e. The van der Waals surface area contributed by atoms with Crippen molar-refractivity contribution in [3.63, 3.8) is 0 Å². The SMILES string of the molecule is CC(=O)/C=C(/C)O.[Ir].[c-]1ccc(-c2ccccc2)cc1-c1ccc2c(-c3ccccc3)c(-c3ccccc3)sc2n1. The van der Waals surface area contributed by atoms with E-state index < -0.39 is 0 Å². The van der Waals surface area contributed by atoms with E-state index in [9.17, 15) is 4.79 Å². The van der Waals surface area contributed by atoms with Crippen molar-refractivity contribution in [2.45, 2.75) is 13.8 Å². The monoisotopic (exact) mass is 731 g/mol. The number of pyridine rings is 1. The van der Waals surface area contributed by atoms with Gasteiger partial charge in [-0.2, -0.15) is 0 Å². The summed E-state index contributed by atoms with van der Waals surface area (Å²) in [7, 11) is 0. The molecule has 6 aromatic rings. The first kappa shape index (κ1) is 29.8. The number of benzene rings is 4. The fourth-order valence-corrected chi connectivity index (χ4v) is 5.73. The summed E-state index contributed by atoms with van der Waals surface area (Å²) < 4.78 is 0. The predicted molar refractivity (Wildman–Crippen MR) is 167 cm³/mol. The van der Waals surface area contributed by atoms with E-state index in [-0.39, 0.29) is 31.6 Å². The molecule has 41 heavy (non-hydrogen) atoms. The molecule has 0 aliphatic heterocycles. The molecule has 0 saturated carbocycles. The topological polar surface area (TPSA) is 50.2 Å². The number of hydrogen-bond donors (Lipinski definition) is 1. The van der Waals surface area contributed by atoms with Crippen molar-refractivity contribution in [1.82, 2.24) is 4.98 Å². The molecule has 6 rings (SSSR count). The molecule has 0 aliphatic rings. The van der Waals surface area contributed by atoms with Gasteiger partial charge in [0, 0.05) is 42.0 Å². The third-order valence-corrected chi connectivity index (χ3v) is 7.40. The molecule has 5 heteroatoms. The van der Waals surface area contributed by atoms with Gasteiger partial charge in [-0.15, -0.1) is 46.7 Å². The van der Waals surface area contributed by atoms with Crippen LogP contribution in [0.25, 0.3) is 54.2 Å². The molecule has 0 fully saturated rings. The minimum Gasteiger partial charge on any atom is -0.512 e. The smallest absolute Gasteiger partial charge is 0.155 e. The number of aliphatic hydroxyl groups is 1. The Balaban J connectivity index is 0.000000434. The van der Waals surface area contributed by atoms with Crippen molar-refractivity contribution < 1.29 is 30.0 Å². The molecule has 4 aromatic carbocycles. The summed E-state index contributed by atoms with van der Waals surface area (Å²) in [5, 5.41) is 9.55. The summed E-state index contributed by atoms with van der Waals surface area (Å²) in [5.74, 6) is -0.0625. The quantitative estimate of drug-likeness (QED) is 0.109. The Labute approximate surface area is 258 Å². The third-order valence-electron chi connectivity index (χ3n) is 6.25. The summed E-state index contributed by atoms with van der Waals surface area (Å²) in [6, 6.07) is 45.6. The van der Waals surface area contributed by atoms with Crippen molar-refractivity contribution in [1.29, 1.82) is 0 Å². The average Bonchev–Trinajstić information content (AvgIpc) is 3.37. The molecule has 1 radical (unpaired) electrons. The Kier molecular flexibility index (Phi) is 10.2. The number of ketones is 1. The minimum absolute atomic E-state index is 0. The van der Waals surface area contributed by atoms with Gasteiger partial charge in [0.25, 0.3) is 0 Å². The molecule has 205 valence electrons.